The number of halogens is 1. The van der Waals surface area contributed by atoms with Crippen molar-refractivity contribution in [2.75, 3.05) is 19.6 Å². The molecule has 2 unspecified atom stereocenters. The van der Waals surface area contributed by atoms with Gasteiger partial charge in [0.25, 0.3) is 0 Å². The average molecular weight is 449 g/mol. The van der Waals surface area contributed by atoms with Crippen molar-refractivity contribution in [1.82, 2.24) is 30.3 Å². The molecule has 5 rings (SSSR count). The smallest absolute Gasteiger partial charge is 0.317 e. The number of benzene rings is 1. The molecule has 0 saturated carbocycles. The number of H-pyrrole nitrogens is 1. The van der Waals surface area contributed by atoms with E-state index in [4.69, 9.17) is 0 Å². The molecule has 0 radical (unpaired) electrons. The Morgan fingerprint density at radius 1 is 1.21 bits per heavy atom. The first-order chi connectivity index (χ1) is 16.1. The highest BCUT2D eigenvalue weighted by Crippen LogP contribution is 2.28. The minimum absolute atomic E-state index is 0.0402. The highest BCUT2D eigenvalue weighted by Gasteiger charge is 2.30. The summed E-state index contributed by atoms with van der Waals surface area (Å²) < 4.78 is 14.1. The summed E-state index contributed by atoms with van der Waals surface area (Å²) in [5.41, 5.74) is 4.74. The van der Waals surface area contributed by atoms with Crippen LogP contribution >= 0.6 is 0 Å². The van der Waals surface area contributed by atoms with Gasteiger partial charge in [-0.25, -0.2) is 9.18 Å². The van der Waals surface area contributed by atoms with Gasteiger partial charge in [0.15, 0.2) is 0 Å². The van der Waals surface area contributed by atoms with Gasteiger partial charge in [-0.3, -0.25) is 15.0 Å². The largest absolute Gasteiger partial charge is 0.334 e. The molecule has 0 spiro atoms. The van der Waals surface area contributed by atoms with E-state index < -0.39 is 0 Å². The van der Waals surface area contributed by atoms with Gasteiger partial charge >= 0.3 is 6.03 Å². The maximum Gasteiger partial charge on any atom is 0.317 e. The summed E-state index contributed by atoms with van der Waals surface area (Å²) >= 11 is 0. The number of aromatic nitrogens is 3. The number of carbonyl (C=O) groups excluding carboxylic acids is 1. The van der Waals surface area contributed by atoms with Crippen molar-refractivity contribution in [1.29, 1.82) is 0 Å². The molecule has 0 aliphatic carbocycles. The quantitative estimate of drug-likeness (QED) is 0.640. The number of nitrogens with one attached hydrogen (secondary N) is 2. The van der Waals surface area contributed by atoms with E-state index >= 15 is 0 Å². The number of fused-ring (bicyclic) bond motifs is 1. The summed E-state index contributed by atoms with van der Waals surface area (Å²) in [4.78, 5) is 21.4. The van der Waals surface area contributed by atoms with Crippen LogP contribution in [0.4, 0.5) is 9.18 Å². The number of pyridine rings is 1. The summed E-state index contributed by atoms with van der Waals surface area (Å²) in [7, 11) is 0. The van der Waals surface area contributed by atoms with Gasteiger partial charge in [-0.15, -0.1) is 0 Å². The highest BCUT2D eigenvalue weighted by atomic mass is 19.1. The highest BCUT2D eigenvalue weighted by molar-refractivity contribution is 5.76. The van der Waals surface area contributed by atoms with E-state index in [9.17, 15) is 9.18 Å². The molecule has 0 bridgehead atoms. The normalized spacial score (nSPS) is 21.0. The summed E-state index contributed by atoms with van der Waals surface area (Å²) in [6.07, 6.45) is 5.18. The predicted molar refractivity (Wildman–Crippen MR) is 124 cm³/mol. The third kappa shape index (κ3) is 4.75. The molecule has 172 valence electrons. The number of hydrogen-bond donors (Lipinski definition) is 2. The number of nitrogens with zero attached hydrogens (tertiary/aromatic N) is 4. The number of piperidine rings is 1. The third-order valence-corrected chi connectivity index (χ3v) is 6.59. The molecule has 2 aliphatic heterocycles. The molecule has 4 heterocycles. The van der Waals surface area contributed by atoms with Gasteiger partial charge in [0, 0.05) is 73.4 Å². The van der Waals surface area contributed by atoms with E-state index in [2.05, 4.69) is 32.3 Å². The summed E-state index contributed by atoms with van der Waals surface area (Å²) in [6.45, 7) is 5.54. The van der Waals surface area contributed by atoms with Crippen LogP contribution in [0.15, 0.2) is 48.8 Å². The van der Waals surface area contributed by atoms with Gasteiger partial charge in [0.05, 0.1) is 12.2 Å². The van der Waals surface area contributed by atoms with Crippen molar-refractivity contribution in [3.63, 3.8) is 0 Å². The van der Waals surface area contributed by atoms with E-state index in [1.165, 1.54) is 6.07 Å². The molecule has 2 amide bonds. The van der Waals surface area contributed by atoms with E-state index in [0.717, 1.165) is 48.4 Å². The van der Waals surface area contributed by atoms with Crippen LogP contribution in [0.3, 0.4) is 0 Å². The standard InChI is InChI=1S/C25H29FN6O/c1-17-12-20(15-31(13-17)14-19-4-2-3-5-22(19)26)28-25(33)32-11-8-23-21(16-32)24(30-29-23)18-6-9-27-10-7-18/h2-7,9-10,17,20H,8,11-16H2,1H3,(H,28,33)(H,29,30). The minimum atomic E-state index is -0.175. The van der Waals surface area contributed by atoms with Gasteiger partial charge in [-0.1, -0.05) is 25.1 Å². The van der Waals surface area contributed by atoms with Crippen LogP contribution in [0.25, 0.3) is 11.3 Å². The fourth-order valence-electron chi connectivity index (χ4n) is 5.05. The first-order valence-corrected chi connectivity index (χ1v) is 11.5. The Balaban J connectivity index is 1.24. The monoisotopic (exact) mass is 448 g/mol. The second-order valence-corrected chi connectivity index (χ2v) is 9.21. The summed E-state index contributed by atoms with van der Waals surface area (Å²) in [5.74, 6) is 0.251. The van der Waals surface area contributed by atoms with Crippen LogP contribution in [0, 0.1) is 11.7 Å². The van der Waals surface area contributed by atoms with Gasteiger partial charge in [0.1, 0.15) is 5.82 Å². The van der Waals surface area contributed by atoms with Crippen LogP contribution in [0.1, 0.15) is 30.2 Å². The zero-order chi connectivity index (χ0) is 22.8. The van der Waals surface area contributed by atoms with Crippen molar-refractivity contribution in [3.8, 4) is 11.3 Å². The number of likely N-dealkylation sites (tertiary alicyclic amines) is 1. The molecule has 1 fully saturated rings. The van der Waals surface area contributed by atoms with Crippen LogP contribution in [-0.2, 0) is 19.5 Å². The van der Waals surface area contributed by atoms with Crippen molar-refractivity contribution in [3.05, 3.63) is 71.4 Å². The summed E-state index contributed by atoms with van der Waals surface area (Å²) in [5, 5.41) is 10.9. The maximum absolute atomic E-state index is 14.1. The lowest BCUT2D eigenvalue weighted by molar-refractivity contribution is 0.133. The molecule has 2 aliphatic rings. The van der Waals surface area contributed by atoms with E-state index in [-0.39, 0.29) is 17.9 Å². The van der Waals surface area contributed by atoms with Gasteiger partial charge in [0.2, 0.25) is 0 Å². The van der Waals surface area contributed by atoms with Crippen LogP contribution in [0.5, 0.6) is 0 Å². The van der Waals surface area contributed by atoms with Crippen LogP contribution in [0.2, 0.25) is 0 Å². The van der Waals surface area contributed by atoms with E-state index in [0.29, 0.717) is 31.1 Å². The van der Waals surface area contributed by atoms with E-state index in [1.54, 1.807) is 18.5 Å². The number of carbonyl (C=O) groups is 1. The molecule has 8 heteroatoms. The molecule has 1 saturated heterocycles. The second kappa shape index (κ2) is 9.31. The van der Waals surface area contributed by atoms with Crippen LogP contribution < -0.4 is 5.32 Å². The Labute approximate surface area is 193 Å². The zero-order valence-electron chi connectivity index (χ0n) is 18.8. The third-order valence-electron chi connectivity index (χ3n) is 6.59. The van der Waals surface area contributed by atoms with Crippen molar-refractivity contribution in [2.45, 2.75) is 38.9 Å². The number of urea groups is 1. The van der Waals surface area contributed by atoms with Gasteiger partial charge in [-0.2, -0.15) is 5.10 Å². The summed E-state index contributed by atoms with van der Waals surface area (Å²) in [6, 6.07) is 10.8. The second-order valence-electron chi connectivity index (χ2n) is 9.21. The van der Waals surface area contributed by atoms with Crippen molar-refractivity contribution in [2.24, 2.45) is 5.92 Å². The molecule has 3 aromatic rings. The van der Waals surface area contributed by atoms with Crippen molar-refractivity contribution < 1.29 is 9.18 Å². The van der Waals surface area contributed by atoms with E-state index in [1.807, 2.05) is 29.2 Å². The van der Waals surface area contributed by atoms with Crippen LogP contribution in [-0.4, -0.2) is 56.7 Å². The Morgan fingerprint density at radius 2 is 2.03 bits per heavy atom. The topological polar surface area (TPSA) is 77.1 Å². The number of amides is 2. The average Bonchev–Trinajstić information content (AvgIpc) is 3.24. The molecular weight excluding hydrogens is 419 g/mol. The van der Waals surface area contributed by atoms with Crippen molar-refractivity contribution >= 4 is 6.03 Å². The molecule has 33 heavy (non-hydrogen) atoms. The Hall–Kier alpha value is -3.26. The molecule has 2 N–H and O–H groups in total. The Bertz CT molecular complexity index is 1120. The molecular formula is C25H29FN6O. The first-order valence-electron chi connectivity index (χ1n) is 11.5. The maximum atomic E-state index is 14.1. The lowest BCUT2D eigenvalue weighted by atomic mass is 9.95. The minimum Gasteiger partial charge on any atom is -0.334 e. The number of rotatable bonds is 4. The molecule has 1 aromatic carbocycles. The lowest BCUT2D eigenvalue weighted by Gasteiger charge is -2.38. The molecule has 2 atom stereocenters. The fraction of sp³-hybridized carbons (Fsp3) is 0.400. The Kier molecular flexibility index (Phi) is 6.09. The zero-order valence-corrected chi connectivity index (χ0v) is 18.8. The Morgan fingerprint density at radius 3 is 2.85 bits per heavy atom. The SMILES string of the molecule is CC1CC(NC(=O)N2CCc3[nH]nc(-c4ccncc4)c3C2)CN(Cc2ccccc2F)C1. The fourth-order valence-corrected chi connectivity index (χ4v) is 5.05. The first kappa shape index (κ1) is 21.6. The molecule has 7 nitrogen and oxygen atoms in total. The van der Waals surface area contributed by atoms with Gasteiger partial charge < -0.3 is 10.2 Å². The lowest BCUT2D eigenvalue weighted by Crippen LogP contribution is -2.53. The molecule has 2 aromatic heterocycles. The van der Waals surface area contributed by atoms with Gasteiger partial charge in [-0.05, 0) is 30.5 Å². The predicted octanol–water partition coefficient (Wildman–Crippen LogP) is 3.59. The number of hydrogen-bond acceptors (Lipinski definition) is 4. The number of aromatic amines is 1.